The van der Waals surface area contributed by atoms with E-state index < -0.39 is 6.10 Å². The SMILES string of the molecule is OC(c1cccc2cccnc12)C1CCCNC1. The monoisotopic (exact) mass is 242 g/mol. The van der Waals surface area contributed by atoms with Crippen molar-refractivity contribution >= 4 is 10.9 Å². The van der Waals surface area contributed by atoms with E-state index in [2.05, 4.69) is 10.3 Å². The number of aliphatic hydroxyl groups is 1. The molecule has 1 aromatic heterocycles. The molecule has 2 unspecified atom stereocenters. The number of fused-ring (bicyclic) bond motifs is 1. The van der Waals surface area contributed by atoms with Crippen LogP contribution in [0.15, 0.2) is 36.5 Å². The van der Waals surface area contributed by atoms with Gasteiger partial charge in [-0.2, -0.15) is 0 Å². The molecule has 18 heavy (non-hydrogen) atoms. The molecule has 1 aliphatic heterocycles. The van der Waals surface area contributed by atoms with E-state index in [1.807, 2.05) is 30.3 Å². The average molecular weight is 242 g/mol. The van der Waals surface area contributed by atoms with Gasteiger partial charge in [-0.1, -0.05) is 24.3 Å². The van der Waals surface area contributed by atoms with Crippen LogP contribution >= 0.6 is 0 Å². The normalized spacial score (nSPS) is 21.9. The number of aromatic nitrogens is 1. The second kappa shape index (κ2) is 5.04. The molecule has 1 saturated heterocycles. The highest BCUT2D eigenvalue weighted by molar-refractivity contribution is 5.81. The molecule has 0 spiro atoms. The molecular formula is C15H18N2O. The summed E-state index contributed by atoms with van der Waals surface area (Å²) in [6.07, 6.45) is 3.59. The Morgan fingerprint density at radius 1 is 1.28 bits per heavy atom. The highest BCUT2D eigenvalue weighted by Crippen LogP contribution is 2.30. The van der Waals surface area contributed by atoms with E-state index in [-0.39, 0.29) is 0 Å². The molecule has 0 radical (unpaired) electrons. The molecule has 1 fully saturated rings. The molecule has 2 atom stereocenters. The smallest absolute Gasteiger partial charge is 0.0851 e. The Hall–Kier alpha value is -1.45. The minimum absolute atomic E-state index is 0.298. The third-order valence-corrected chi connectivity index (χ3v) is 3.76. The van der Waals surface area contributed by atoms with Crippen LogP contribution in [0.4, 0.5) is 0 Å². The number of benzene rings is 1. The minimum Gasteiger partial charge on any atom is -0.388 e. The van der Waals surface area contributed by atoms with E-state index >= 15 is 0 Å². The maximum Gasteiger partial charge on any atom is 0.0851 e. The van der Waals surface area contributed by atoms with Gasteiger partial charge in [0, 0.05) is 29.6 Å². The summed E-state index contributed by atoms with van der Waals surface area (Å²) in [5.41, 5.74) is 1.89. The second-order valence-electron chi connectivity index (χ2n) is 4.97. The Morgan fingerprint density at radius 2 is 2.17 bits per heavy atom. The van der Waals surface area contributed by atoms with Gasteiger partial charge in [-0.15, -0.1) is 0 Å². The van der Waals surface area contributed by atoms with Crippen molar-refractivity contribution in [1.82, 2.24) is 10.3 Å². The van der Waals surface area contributed by atoms with E-state index in [0.717, 1.165) is 42.4 Å². The Labute approximate surface area is 107 Å². The molecule has 3 nitrogen and oxygen atoms in total. The van der Waals surface area contributed by atoms with Crippen molar-refractivity contribution in [2.75, 3.05) is 13.1 Å². The lowest BCUT2D eigenvalue weighted by molar-refractivity contribution is 0.0933. The molecule has 3 rings (SSSR count). The number of rotatable bonds is 2. The van der Waals surface area contributed by atoms with Crippen LogP contribution in [0.5, 0.6) is 0 Å². The summed E-state index contributed by atoms with van der Waals surface area (Å²) in [4.78, 5) is 4.42. The molecule has 2 heterocycles. The predicted molar refractivity (Wildman–Crippen MR) is 72.3 cm³/mol. The third-order valence-electron chi connectivity index (χ3n) is 3.76. The molecule has 3 heteroatoms. The van der Waals surface area contributed by atoms with Crippen LogP contribution in [0.25, 0.3) is 10.9 Å². The number of aliphatic hydroxyl groups excluding tert-OH is 1. The van der Waals surface area contributed by atoms with Crippen LogP contribution in [0.2, 0.25) is 0 Å². The summed E-state index contributed by atoms with van der Waals surface area (Å²) < 4.78 is 0. The van der Waals surface area contributed by atoms with Crippen LogP contribution in [0.1, 0.15) is 24.5 Å². The fourth-order valence-corrected chi connectivity index (χ4v) is 2.77. The van der Waals surface area contributed by atoms with E-state index in [0.29, 0.717) is 5.92 Å². The van der Waals surface area contributed by atoms with Crippen molar-refractivity contribution in [2.24, 2.45) is 5.92 Å². The van der Waals surface area contributed by atoms with E-state index in [1.165, 1.54) is 0 Å². The van der Waals surface area contributed by atoms with Crippen molar-refractivity contribution < 1.29 is 5.11 Å². The van der Waals surface area contributed by atoms with Gasteiger partial charge in [0.2, 0.25) is 0 Å². The van der Waals surface area contributed by atoms with Gasteiger partial charge in [0.05, 0.1) is 11.6 Å². The van der Waals surface area contributed by atoms with Crippen molar-refractivity contribution in [3.63, 3.8) is 0 Å². The molecule has 0 saturated carbocycles. The summed E-state index contributed by atoms with van der Waals surface area (Å²) in [6.45, 7) is 1.96. The minimum atomic E-state index is -0.420. The molecule has 1 aliphatic rings. The summed E-state index contributed by atoms with van der Waals surface area (Å²) in [6, 6.07) is 10.0. The Bertz CT molecular complexity index is 530. The number of hydrogen-bond acceptors (Lipinski definition) is 3. The van der Waals surface area contributed by atoms with Crippen LogP contribution in [0, 0.1) is 5.92 Å². The number of nitrogens with one attached hydrogen (secondary N) is 1. The lowest BCUT2D eigenvalue weighted by Crippen LogP contribution is -2.33. The molecule has 0 bridgehead atoms. The lowest BCUT2D eigenvalue weighted by Gasteiger charge is -2.28. The van der Waals surface area contributed by atoms with Crippen LogP contribution < -0.4 is 5.32 Å². The summed E-state index contributed by atoms with van der Waals surface area (Å²) >= 11 is 0. The number of pyridine rings is 1. The fraction of sp³-hybridized carbons (Fsp3) is 0.400. The Morgan fingerprint density at radius 3 is 3.00 bits per heavy atom. The standard InChI is InChI=1S/C15H18N2O/c18-15(12-6-2-8-16-10-12)13-7-1-4-11-5-3-9-17-14(11)13/h1,3-5,7,9,12,15-16,18H,2,6,8,10H2. The molecule has 2 aromatic rings. The third kappa shape index (κ3) is 2.11. The Kier molecular flexibility index (Phi) is 3.26. The lowest BCUT2D eigenvalue weighted by atomic mass is 9.88. The van der Waals surface area contributed by atoms with Crippen molar-refractivity contribution in [1.29, 1.82) is 0 Å². The fourth-order valence-electron chi connectivity index (χ4n) is 2.77. The maximum atomic E-state index is 10.6. The largest absolute Gasteiger partial charge is 0.388 e. The first kappa shape index (κ1) is 11.6. The van der Waals surface area contributed by atoms with Gasteiger partial charge >= 0.3 is 0 Å². The van der Waals surface area contributed by atoms with Crippen LogP contribution in [-0.4, -0.2) is 23.2 Å². The quantitative estimate of drug-likeness (QED) is 0.849. The average Bonchev–Trinajstić information content (AvgIpc) is 2.47. The van der Waals surface area contributed by atoms with Gasteiger partial charge in [-0.05, 0) is 25.5 Å². The number of hydrogen-bond donors (Lipinski definition) is 2. The molecule has 2 N–H and O–H groups in total. The number of nitrogens with zero attached hydrogens (tertiary/aromatic N) is 1. The molecule has 94 valence electrons. The first-order valence-electron chi connectivity index (χ1n) is 6.58. The van der Waals surface area contributed by atoms with Gasteiger partial charge < -0.3 is 10.4 Å². The van der Waals surface area contributed by atoms with Crippen molar-refractivity contribution in [3.8, 4) is 0 Å². The van der Waals surface area contributed by atoms with Gasteiger partial charge in [-0.3, -0.25) is 4.98 Å². The molecule has 0 aliphatic carbocycles. The maximum absolute atomic E-state index is 10.6. The van der Waals surface area contributed by atoms with Crippen molar-refractivity contribution in [3.05, 3.63) is 42.1 Å². The zero-order chi connectivity index (χ0) is 12.4. The van der Waals surface area contributed by atoms with E-state index in [4.69, 9.17) is 0 Å². The summed E-state index contributed by atoms with van der Waals surface area (Å²) in [5.74, 6) is 0.298. The number of piperidine rings is 1. The van der Waals surface area contributed by atoms with Gasteiger partial charge in [-0.25, -0.2) is 0 Å². The Balaban J connectivity index is 1.97. The molecule has 0 amide bonds. The molecular weight excluding hydrogens is 224 g/mol. The zero-order valence-corrected chi connectivity index (χ0v) is 10.3. The summed E-state index contributed by atoms with van der Waals surface area (Å²) in [5, 5.41) is 15.0. The highest BCUT2D eigenvalue weighted by atomic mass is 16.3. The van der Waals surface area contributed by atoms with Gasteiger partial charge in [0.25, 0.3) is 0 Å². The first-order chi connectivity index (χ1) is 8.86. The van der Waals surface area contributed by atoms with Crippen LogP contribution in [0.3, 0.4) is 0 Å². The summed E-state index contributed by atoms with van der Waals surface area (Å²) in [7, 11) is 0. The van der Waals surface area contributed by atoms with Crippen LogP contribution in [-0.2, 0) is 0 Å². The second-order valence-corrected chi connectivity index (χ2v) is 4.97. The van der Waals surface area contributed by atoms with Crippen molar-refractivity contribution in [2.45, 2.75) is 18.9 Å². The van der Waals surface area contributed by atoms with Gasteiger partial charge in [0.15, 0.2) is 0 Å². The highest BCUT2D eigenvalue weighted by Gasteiger charge is 2.24. The molecule has 1 aromatic carbocycles. The first-order valence-corrected chi connectivity index (χ1v) is 6.58. The topological polar surface area (TPSA) is 45.2 Å². The zero-order valence-electron chi connectivity index (χ0n) is 10.3. The predicted octanol–water partition coefficient (Wildman–Crippen LogP) is 2.27. The number of para-hydroxylation sites is 1. The van der Waals surface area contributed by atoms with E-state index in [1.54, 1.807) is 6.20 Å². The van der Waals surface area contributed by atoms with E-state index in [9.17, 15) is 5.11 Å². The van der Waals surface area contributed by atoms with Gasteiger partial charge in [0.1, 0.15) is 0 Å².